The highest BCUT2D eigenvalue weighted by molar-refractivity contribution is 6.05. The number of amides is 3. The second-order valence-electron chi connectivity index (χ2n) is 16.4. The molecule has 5 aliphatic rings. The smallest absolute Gasteiger partial charge is 0.255 e. The Bertz CT molecular complexity index is 2290. The summed E-state index contributed by atoms with van der Waals surface area (Å²) in [4.78, 5) is 45.2. The number of nitrogens with one attached hydrogen (secondary N) is 1. The fourth-order valence-electron chi connectivity index (χ4n) is 9.68. The Morgan fingerprint density at radius 2 is 1.52 bits per heavy atom. The molecule has 2 N–H and O–H groups in total. The molecule has 9 rings (SSSR count). The number of piperazine rings is 1. The Balaban J connectivity index is 0.812. The van der Waals surface area contributed by atoms with Crippen LogP contribution in [0.3, 0.4) is 0 Å². The summed E-state index contributed by atoms with van der Waals surface area (Å²) in [6.45, 7) is 7.41. The summed E-state index contributed by atoms with van der Waals surface area (Å²) in [6.07, 6.45) is 2.25. The Morgan fingerprint density at radius 3 is 2.26 bits per heavy atom. The highest BCUT2D eigenvalue weighted by Crippen LogP contribution is 2.48. The number of hydrogen-bond acceptors (Lipinski definition) is 8. The SMILES string of the molecule is Cc1cc([C@H]2COc3cc(O)ccc3[C@H]2c2ccc(N3CCC(CN4CCN(c5cc6c(cc5F)C(=O)N([C@H]5CCC(=O)NC5=O)C6)CC4)CC3)c(F)c2)ccc1F. The molecular formula is C45H46F3N5O5. The van der Waals surface area contributed by atoms with Gasteiger partial charge in [0.05, 0.1) is 18.0 Å². The second kappa shape index (κ2) is 15.3. The molecule has 0 spiro atoms. The predicted octanol–water partition coefficient (Wildman–Crippen LogP) is 6.23. The van der Waals surface area contributed by atoms with Crippen molar-refractivity contribution in [3.8, 4) is 11.5 Å². The summed E-state index contributed by atoms with van der Waals surface area (Å²) in [7, 11) is 0. The zero-order valence-corrected chi connectivity index (χ0v) is 32.4. The highest BCUT2D eigenvalue weighted by atomic mass is 19.1. The van der Waals surface area contributed by atoms with E-state index in [9.17, 15) is 23.9 Å². The fraction of sp³-hybridized carbons (Fsp3) is 0.400. The first-order chi connectivity index (χ1) is 28.0. The van der Waals surface area contributed by atoms with Crippen molar-refractivity contribution in [2.24, 2.45) is 5.92 Å². The van der Waals surface area contributed by atoms with Gasteiger partial charge in [0.15, 0.2) is 0 Å². The minimum absolute atomic E-state index is 0.0913. The summed E-state index contributed by atoms with van der Waals surface area (Å²) < 4.78 is 51.9. The normalized spacial score (nSPS) is 22.8. The van der Waals surface area contributed by atoms with Gasteiger partial charge in [-0.3, -0.25) is 24.6 Å². The van der Waals surface area contributed by atoms with Gasteiger partial charge >= 0.3 is 0 Å². The molecule has 13 heteroatoms. The second-order valence-corrected chi connectivity index (χ2v) is 16.4. The predicted molar refractivity (Wildman–Crippen MR) is 212 cm³/mol. The van der Waals surface area contributed by atoms with Crippen LogP contribution in [0.4, 0.5) is 24.5 Å². The first-order valence-electron chi connectivity index (χ1n) is 20.2. The van der Waals surface area contributed by atoms with Crippen LogP contribution in [0.5, 0.6) is 11.5 Å². The molecule has 0 bridgehead atoms. The molecule has 3 amide bonds. The van der Waals surface area contributed by atoms with Crippen molar-refractivity contribution in [2.45, 2.75) is 57.0 Å². The fourth-order valence-corrected chi connectivity index (χ4v) is 9.68. The number of aryl methyl sites for hydroxylation is 1. The number of rotatable bonds is 7. The molecule has 0 radical (unpaired) electrons. The van der Waals surface area contributed by atoms with Gasteiger partial charge in [-0.15, -0.1) is 0 Å². The van der Waals surface area contributed by atoms with Gasteiger partial charge in [0, 0.05) is 87.8 Å². The first-order valence-corrected chi connectivity index (χ1v) is 20.2. The summed E-state index contributed by atoms with van der Waals surface area (Å²) >= 11 is 0. The maximum absolute atomic E-state index is 16.1. The standard InChI is InChI=1S/C45H46F3N5O5/c1-26-18-28(2-6-35(26)46)34-25-58-41-21-31(54)4-5-32(41)43(34)29-3-7-38(36(47)19-29)51-12-10-27(11-13-51)23-50-14-16-52(17-15-50)40-20-30-24-53(45(57)33(30)22-37(40)48)39-8-9-42(55)49-44(39)56/h2-7,18-22,27,34,39,43,54H,8-17,23-25H2,1H3,(H,49,55,56)/t34-,39+,43-/m1/s1. The van der Waals surface area contributed by atoms with Crippen LogP contribution in [0.1, 0.15) is 75.7 Å². The van der Waals surface area contributed by atoms with E-state index in [-0.39, 0.29) is 66.0 Å². The Morgan fingerprint density at radius 1 is 0.776 bits per heavy atom. The van der Waals surface area contributed by atoms with Crippen LogP contribution >= 0.6 is 0 Å². The number of nitrogens with zero attached hydrogens (tertiary/aromatic N) is 4. The summed E-state index contributed by atoms with van der Waals surface area (Å²) in [5, 5.41) is 12.5. The summed E-state index contributed by atoms with van der Waals surface area (Å²) in [6, 6.07) is 17.8. The number of imide groups is 1. The monoisotopic (exact) mass is 793 g/mol. The van der Waals surface area contributed by atoms with Crippen molar-refractivity contribution in [2.75, 3.05) is 62.2 Å². The van der Waals surface area contributed by atoms with Gasteiger partial charge in [0.1, 0.15) is 35.0 Å². The molecule has 0 aliphatic carbocycles. The van der Waals surface area contributed by atoms with Gasteiger partial charge in [0.25, 0.3) is 5.91 Å². The summed E-state index contributed by atoms with van der Waals surface area (Å²) in [5.41, 5.74) is 5.06. The molecule has 4 aromatic rings. The largest absolute Gasteiger partial charge is 0.508 e. The van der Waals surface area contributed by atoms with E-state index in [2.05, 4.69) is 15.1 Å². The minimum Gasteiger partial charge on any atom is -0.508 e. The lowest BCUT2D eigenvalue weighted by atomic mass is 9.75. The van der Waals surface area contributed by atoms with Gasteiger partial charge < -0.3 is 24.5 Å². The number of hydrogen-bond donors (Lipinski definition) is 2. The molecule has 302 valence electrons. The van der Waals surface area contributed by atoms with Crippen LogP contribution in [0.25, 0.3) is 0 Å². The number of benzene rings is 4. The lowest BCUT2D eigenvalue weighted by Crippen LogP contribution is -2.52. The zero-order valence-electron chi connectivity index (χ0n) is 32.4. The average molecular weight is 794 g/mol. The van der Waals surface area contributed by atoms with Crippen molar-refractivity contribution in [1.82, 2.24) is 15.1 Å². The molecule has 0 saturated carbocycles. The molecule has 5 heterocycles. The number of halogens is 3. The highest BCUT2D eigenvalue weighted by Gasteiger charge is 2.40. The van der Waals surface area contributed by atoms with Crippen molar-refractivity contribution in [3.63, 3.8) is 0 Å². The maximum atomic E-state index is 16.1. The number of phenols is 1. The van der Waals surface area contributed by atoms with Crippen LogP contribution < -0.4 is 19.9 Å². The van der Waals surface area contributed by atoms with Crippen LogP contribution in [0.15, 0.2) is 66.7 Å². The van der Waals surface area contributed by atoms with E-state index in [1.54, 1.807) is 37.3 Å². The van der Waals surface area contributed by atoms with Crippen LogP contribution in [-0.4, -0.2) is 91.1 Å². The van der Waals surface area contributed by atoms with E-state index in [0.717, 1.165) is 62.3 Å². The zero-order chi connectivity index (χ0) is 40.2. The van der Waals surface area contributed by atoms with Gasteiger partial charge in [-0.2, -0.15) is 0 Å². The summed E-state index contributed by atoms with van der Waals surface area (Å²) in [5.74, 6) is -1.61. The quantitative estimate of drug-likeness (QED) is 0.213. The molecule has 58 heavy (non-hydrogen) atoms. The number of fused-ring (bicyclic) bond motifs is 2. The van der Waals surface area contributed by atoms with Gasteiger partial charge in [-0.05, 0) is 90.8 Å². The van der Waals surface area contributed by atoms with Gasteiger partial charge in [-0.1, -0.05) is 24.3 Å². The Hall–Kier alpha value is -5.56. The topological polar surface area (TPSA) is 106 Å². The van der Waals surface area contributed by atoms with Crippen LogP contribution in [-0.2, 0) is 16.1 Å². The molecule has 5 aliphatic heterocycles. The van der Waals surface area contributed by atoms with Crippen LogP contribution in [0.2, 0.25) is 0 Å². The molecule has 0 aromatic heterocycles. The van der Waals surface area contributed by atoms with Crippen molar-refractivity contribution in [3.05, 3.63) is 118 Å². The molecule has 4 aromatic carbocycles. The lowest BCUT2D eigenvalue weighted by molar-refractivity contribution is -0.136. The number of aromatic hydroxyl groups is 1. The molecule has 10 nitrogen and oxygen atoms in total. The van der Waals surface area contributed by atoms with E-state index < -0.39 is 17.8 Å². The number of phenolic OH excluding ortho intramolecular Hbond substituents is 1. The van der Waals surface area contributed by atoms with Gasteiger partial charge in [-0.25, -0.2) is 13.2 Å². The van der Waals surface area contributed by atoms with E-state index in [1.165, 1.54) is 17.0 Å². The molecule has 3 saturated heterocycles. The van der Waals surface area contributed by atoms with Crippen molar-refractivity contribution < 1.29 is 37.4 Å². The van der Waals surface area contributed by atoms with Crippen molar-refractivity contribution in [1.29, 1.82) is 0 Å². The van der Waals surface area contributed by atoms with Crippen molar-refractivity contribution >= 4 is 29.1 Å². The molecular weight excluding hydrogens is 748 g/mol. The van der Waals surface area contributed by atoms with E-state index in [4.69, 9.17) is 4.74 Å². The van der Waals surface area contributed by atoms with Crippen LogP contribution in [0, 0.1) is 30.3 Å². The van der Waals surface area contributed by atoms with Gasteiger partial charge in [0.2, 0.25) is 11.8 Å². The molecule has 3 fully saturated rings. The van der Waals surface area contributed by atoms with E-state index in [1.807, 2.05) is 29.2 Å². The number of carbonyl (C=O) groups excluding carboxylic acids is 3. The lowest BCUT2D eigenvalue weighted by Gasteiger charge is -2.40. The molecule has 0 unspecified atom stereocenters. The number of carbonyl (C=O) groups is 3. The Kier molecular flexibility index (Phi) is 10.0. The first kappa shape index (κ1) is 38.0. The minimum atomic E-state index is -0.745. The third-order valence-corrected chi connectivity index (χ3v) is 12.9. The molecule has 3 atom stereocenters. The van der Waals surface area contributed by atoms with E-state index in [0.29, 0.717) is 53.9 Å². The third-order valence-electron chi connectivity index (χ3n) is 12.9. The number of anilines is 2. The van der Waals surface area contributed by atoms with E-state index >= 15 is 8.78 Å². The Labute approximate surface area is 335 Å². The number of piperidine rings is 2. The number of ether oxygens (including phenoxy) is 1. The maximum Gasteiger partial charge on any atom is 0.255 e. The average Bonchev–Trinajstić information content (AvgIpc) is 3.52. The third kappa shape index (κ3) is 7.14.